The molecule has 16 heavy (non-hydrogen) atoms. The summed E-state index contributed by atoms with van der Waals surface area (Å²) < 4.78 is 4.43. The molecule has 3 heteroatoms. The van der Waals surface area contributed by atoms with Crippen molar-refractivity contribution in [2.45, 2.75) is 6.92 Å². The predicted molar refractivity (Wildman–Crippen MR) is 65.0 cm³/mol. The fraction of sp³-hybridized carbons (Fsp3) is 0.154. The molecule has 0 amide bonds. The average molecular weight is 220 g/mol. The number of carbonyl (C=O) groups excluding carboxylic acids is 1. The van der Waals surface area contributed by atoms with Crippen LogP contribution >= 0.6 is 0 Å². The molecule has 0 bridgehead atoms. The number of aromatic hydroxyl groups is 1. The fourth-order valence-corrected chi connectivity index (χ4v) is 0.812. The van der Waals surface area contributed by atoms with E-state index in [9.17, 15) is 4.79 Å². The Labute approximate surface area is 95.7 Å². The van der Waals surface area contributed by atoms with E-state index >= 15 is 0 Å². The summed E-state index contributed by atoms with van der Waals surface area (Å²) in [6, 6.07) is 6.89. The zero-order chi connectivity index (χ0) is 12.4. The van der Waals surface area contributed by atoms with E-state index in [1.165, 1.54) is 0 Å². The Bertz CT molecular complexity index is 339. The van der Waals surface area contributed by atoms with Crippen LogP contribution in [-0.4, -0.2) is 17.7 Å². The summed E-state index contributed by atoms with van der Waals surface area (Å²) in [6.07, 6.45) is 2.88. The van der Waals surface area contributed by atoms with Crippen molar-refractivity contribution in [1.29, 1.82) is 0 Å². The Kier molecular flexibility index (Phi) is 7.24. The summed E-state index contributed by atoms with van der Waals surface area (Å²) in [5.41, 5.74) is 1.02. The molecule has 3 nitrogen and oxygen atoms in total. The molecule has 0 aromatic heterocycles. The summed E-state index contributed by atoms with van der Waals surface area (Å²) in [6.45, 7) is 8.96. The lowest BCUT2D eigenvalue weighted by Gasteiger charge is -1.90. The van der Waals surface area contributed by atoms with Gasteiger partial charge in [-0.2, -0.15) is 0 Å². The number of phenolic OH excluding ortho intramolecular Hbond substituents is 1. The van der Waals surface area contributed by atoms with E-state index in [0.717, 1.165) is 11.6 Å². The third kappa shape index (κ3) is 6.43. The first-order valence-corrected chi connectivity index (χ1v) is 4.84. The van der Waals surface area contributed by atoms with Crippen LogP contribution in [0.15, 0.2) is 43.5 Å². The Morgan fingerprint density at radius 2 is 1.94 bits per heavy atom. The van der Waals surface area contributed by atoms with Crippen molar-refractivity contribution in [3.8, 4) is 5.75 Å². The minimum absolute atomic E-state index is 0.292. The summed E-state index contributed by atoms with van der Waals surface area (Å²) >= 11 is 0. The molecular weight excluding hydrogens is 204 g/mol. The van der Waals surface area contributed by atoms with Gasteiger partial charge in [-0.1, -0.05) is 31.4 Å². The minimum atomic E-state index is -0.359. The van der Waals surface area contributed by atoms with E-state index in [4.69, 9.17) is 5.11 Å². The summed E-state index contributed by atoms with van der Waals surface area (Å²) in [5.74, 6) is -0.0666. The SMILES string of the molecule is C=CC(=O)OCC.C=Cc1ccc(O)cc1. The van der Waals surface area contributed by atoms with Gasteiger partial charge in [0, 0.05) is 6.08 Å². The molecule has 0 unspecified atom stereocenters. The number of esters is 1. The van der Waals surface area contributed by atoms with Gasteiger partial charge in [0.2, 0.25) is 0 Å². The summed E-state index contributed by atoms with van der Waals surface area (Å²) in [4.78, 5) is 10.1. The normalized spacial score (nSPS) is 8.31. The number of carbonyl (C=O) groups is 1. The summed E-state index contributed by atoms with van der Waals surface area (Å²) in [5, 5.41) is 8.82. The van der Waals surface area contributed by atoms with Gasteiger partial charge in [0.25, 0.3) is 0 Å². The molecular formula is C13H16O3. The topological polar surface area (TPSA) is 46.5 Å². The van der Waals surface area contributed by atoms with Crippen LogP contribution in [0.1, 0.15) is 12.5 Å². The molecule has 86 valence electrons. The van der Waals surface area contributed by atoms with Crippen LogP contribution in [0.5, 0.6) is 5.75 Å². The van der Waals surface area contributed by atoms with Crippen molar-refractivity contribution in [3.63, 3.8) is 0 Å². The van der Waals surface area contributed by atoms with E-state index in [-0.39, 0.29) is 5.97 Å². The van der Waals surface area contributed by atoms with Gasteiger partial charge in [-0.05, 0) is 24.6 Å². The van der Waals surface area contributed by atoms with Gasteiger partial charge in [0.15, 0.2) is 0 Å². The predicted octanol–water partition coefficient (Wildman–Crippen LogP) is 2.77. The van der Waals surface area contributed by atoms with Crippen LogP contribution in [0, 0.1) is 0 Å². The number of rotatable bonds is 3. The number of hydrogen-bond donors (Lipinski definition) is 1. The van der Waals surface area contributed by atoms with Crippen molar-refractivity contribution in [2.24, 2.45) is 0 Å². The van der Waals surface area contributed by atoms with Crippen molar-refractivity contribution in [2.75, 3.05) is 6.61 Å². The van der Waals surface area contributed by atoms with Gasteiger partial charge in [0.05, 0.1) is 6.61 Å². The third-order valence-corrected chi connectivity index (χ3v) is 1.58. The maximum Gasteiger partial charge on any atom is 0.330 e. The molecule has 0 aliphatic carbocycles. The van der Waals surface area contributed by atoms with Crippen LogP contribution in [0.3, 0.4) is 0 Å². The van der Waals surface area contributed by atoms with Crippen molar-refractivity contribution < 1.29 is 14.6 Å². The highest BCUT2D eigenvalue weighted by atomic mass is 16.5. The number of benzene rings is 1. The molecule has 1 aromatic carbocycles. The highest BCUT2D eigenvalue weighted by Crippen LogP contribution is 2.09. The van der Waals surface area contributed by atoms with Crippen molar-refractivity contribution in [3.05, 3.63) is 49.1 Å². The Hall–Kier alpha value is -2.03. The maximum atomic E-state index is 10.1. The third-order valence-electron chi connectivity index (χ3n) is 1.58. The molecule has 1 N–H and O–H groups in total. The van der Waals surface area contributed by atoms with E-state index in [1.54, 1.807) is 25.1 Å². The standard InChI is InChI=1S/C8H8O.C5H8O2/c1-2-7-3-5-8(9)6-4-7;1-3-5(6)7-4-2/h2-6,9H,1H2;3H,1,4H2,2H3. The van der Waals surface area contributed by atoms with Gasteiger partial charge in [-0.3, -0.25) is 0 Å². The number of ether oxygens (including phenoxy) is 1. The minimum Gasteiger partial charge on any atom is -0.508 e. The molecule has 0 aliphatic rings. The quantitative estimate of drug-likeness (QED) is 0.629. The molecule has 0 spiro atoms. The van der Waals surface area contributed by atoms with Gasteiger partial charge in [0.1, 0.15) is 5.75 Å². The van der Waals surface area contributed by atoms with Gasteiger partial charge < -0.3 is 9.84 Å². The molecule has 0 aliphatic heterocycles. The van der Waals surface area contributed by atoms with Gasteiger partial charge in [-0.15, -0.1) is 0 Å². The molecule has 0 heterocycles. The maximum absolute atomic E-state index is 10.1. The summed E-state index contributed by atoms with van der Waals surface area (Å²) in [7, 11) is 0. The Morgan fingerprint density at radius 1 is 1.38 bits per heavy atom. The smallest absolute Gasteiger partial charge is 0.330 e. The molecule has 0 radical (unpaired) electrons. The highest BCUT2D eigenvalue weighted by molar-refractivity contribution is 5.81. The largest absolute Gasteiger partial charge is 0.508 e. The number of phenols is 1. The fourth-order valence-electron chi connectivity index (χ4n) is 0.812. The van der Waals surface area contributed by atoms with Crippen LogP contribution in [0.4, 0.5) is 0 Å². The van der Waals surface area contributed by atoms with E-state index in [1.807, 2.05) is 12.1 Å². The lowest BCUT2D eigenvalue weighted by molar-refractivity contribution is -0.137. The van der Waals surface area contributed by atoms with Gasteiger partial charge in [-0.25, -0.2) is 4.79 Å². The Morgan fingerprint density at radius 3 is 2.25 bits per heavy atom. The van der Waals surface area contributed by atoms with E-state index < -0.39 is 0 Å². The average Bonchev–Trinajstić information content (AvgIpc) is 2.31. The zero-order valence-electron chi connectivity index (χ0n) is 9.35. The first kappa shape index (κ1) is 14.0. The molecule has 1 aromatic rings. The molecule has 0 atom stereocenters. The van der Waals surface area contributed by atoms with E-state index in [2.05, 4.69) is 17.9 Å². The highest BCUT2D eigenvalue weighted by Gasteiger charge is 1.86. The second-order valence-electron chi connectivity index (χ2n) is 2.75. The second-order valence-corrected chi connectivity index (χ2v) is 2.75. The van der Waals surface area contributed by atoms with Crippen LogP contribution in [0.25, 0.3) is 6.08 Å². The monoisotopic (exact) mass is 220 g/mol. The second kappa shape index (κ2) is 8.29. The van der Waals surface area contributed by atoms with Crippen molar-refractivity contribution >= 4 is 12.0 Å². The van der Waals surface area contributed by atoms with Crippen LogP contribution in [-0.2, 0) is 9.53 Å². The molecule has 0 saturated heterocycles. The zero-order valence-corrected chi connectivity index (χ0v) is 9.35. The Balaban J connectivity index is 0.000000293. The first-order chi connectivity index (χ1) is 7.63. The molecule has 0 fully saturated rings. The van der Waals surface area contributed by atoms with E-state index in [0.29, 0.717) is 12.4 Å². The number of hydrogen-bond acceptors (Lipinski definition) is 3. The van der Waals surface area contributed by atoms with Crippen molar-refractivity contribution in [1.82, 2.24) is 0 Å². The lowest BCUT2D eigenvalue weighted by atomic mass is 10.2. The van der Waals surface area contributed by atoms with Gasteiger partial charge >= 0.3 is 5.97 Å². The first-order valence-electron chi connectivity index (χ1n) is 4.84. The van der Waals surface area contributed by atoms with Crippen LogP contribution < -0.4 is 0 Å². The van der Waals surface area contributed by atoms with Crippen LogP contribution in [0.2, 0.25) is 0 Å². The lowest BCUT2D eigenvalue weighted by Crippen LogP contribution is -1.97. The molecule has 1 rings (SSSR count). The molecule has 0 saturated carbocycles.